The minimum atomic E-state index is 0.552. The molecule has 2 heteroatoms. The van der Waals surface area contributed by atoms with Crippen LogP contribution in [-0.2, 0) is 0 Å². The predicted molar refractivity (Wildman–Crippen MR) is 104 cm³/mol. The van der Waals surface area contributed by atoms with E-state index in [1.165, 1.54) is 11.1 Å². The van der Waals surface area contributed by atoms with Crippen LogP contribution < -0.4 is 0 Å². The molecule has 0 saturated heterocycles. The van der Waals surface area contributed by atoms with Crippen LogP contribution in [0.4, 0.5) is 0 Å². The summed E-state index contributed by atoms with van der Waals surface area (Å²) in [5.74, 6) is 1.10. The van der Waals surface area contributed by atoms with Crippen LogP contribution in [0.5, 0.6) is 0 Å². The van der Waals surface area contributed by atoms with E-state index < -0.39 is 0 Å². The topological polar surface area (TPSA) is 0 Å². The fourth-order valence-electron chi connectivity index (χ4n) is 2.55. The van der Waals surface area contributed by atoms with Crippen molar-refractivity contribution < 1.29 is 0 Å². The van der Waals surface area contributed by atoms with E-state index in [0.29, 0.717) is 11.8 Å². The molecule has 0 aromatic heterocycles. The molecular weight excluding hydrogens is 400 g/mol. The molecule has 2 unspecified atom stereocenters. The first-order valence-corrected chi connectivity index (χ1v) is 9.96. The van der Waals surface area contributed by atoms with E-state index in [-0.39, 0.29) is 0 Å². The standard InChI is InChI=1S/C20H22Br2/c21-15-19(17-9-3-1-4-10-17)13-7-8-14-20(16-22)18-11-5-2-6-12-18/h1-12,19-20H,13-16H2. The lowest BCUT2D eigenvalue weighted by Gasteiger charge is -2.13. The molecule has 2 atom stereocenters. The number of rotatable bonds is 8. The lowest BCUT2D eigenvalue weighted by atomic mass is 9.95. The summed E-state index contributed by atoms with van der Waals surface area (Å²) < 4.78 is 0. The number of hydrogen-bond acceptors (Lipinski definition) is 0. The summed E-state index contributed by atoms with van der Waals surface area (Å²) >= 11 is 7.29. The molecule has 116 valence electrons. The molecule has 0 nitrogen and oxygen atoms in total. The van der Waals surface area contributed by atoms with Crippen LogP contribution in [0.2, 0.25) is 0 Å². The van der Waals surface area contributed by atoms with Crippen LogP contribution in [0, 0.1) is 0 Å². The Kier molecular flexibility index (Phi) is 7.96. The molecule has 0 N–H and O–H groups in total. The second-order valence-corrected chi connectivity index (χ2v) is 6.76. The van der Waals surface area contributed by atoms with Gasteiger partial charge in [0.15, 0.2) is 0 Å². The summed E-state index contributed by atoms with van der Waals surface area (Å²) in [7, 11) is 0. The Morgan fingerprint density at radius 3 is 1.32 bits per heavy atom. The Hall–Kier alpha value is -0.860. The molecule has 2 aromatic rings. The summed E-state index contributed by atoms with van der Waals surface area (Å²) in [5, 5.41) is 2.00. The van der Waals surface area contributed by atoms with Gasteiger partial charge in [0, 0.05) is 10.7 Å². The number of halogens is 2. The van der Waals surface area contributed by atoms with E-state index in [0.717, 1.165) is 23.5 Å². The van der Waals surface area contributed by atoms with E-state index in [2.05, 4.69) is 105 Å². The predicted octanol–water partition coefficient (Wildman–Crippen LogP) is 6.68. The zero-order chi connectivity index (χ0) is 15.6. The molecule has 0 amide bonds. The highest BCUT2D eigenvalue weighted by molar-refractivity contribution is 9.09. The Morgan fingerprint density at radius 2 is 1.00 bits per heavy atom. The normalized spacial score (nSPS) is 14.1. The van der Waals surface area contributed by atoms with Crippen molar-refractivity contribution in [3.63, 3.8) is 0 Å². The first-order valence-electron chi connectivity index (χ1n) is 7.72. The summed E-state index contributed by atoms with van der Waals surface area (Å²) in [4.78, 5) is 0. The summed E-state index contributed by atoms with van der Waals surface area (Å²) in [5.41, 5.74) is 2.81. The monoisotopic (exact) mass is 420 g/mol. The average molecular weight is 422 g/mol. The first-order chi connectivity index (χ1) is 10.8. The van der Waals surface area contributed by atoms with E-state index in [4.69, 9.17) is 0 Å². The summed E-state index contributed by atoms with van der Waals surface area (Å²) in [6, 6.07) is 21.5. The number of alkyl halides is 2. The Morgan fingerprint density at radius 1 is 0.636 bits per heavy atom. The number of benzene rings is 2. The van der Waals surface area contributed by atoms with E-state index >= 15 is 0 Å². The molecule has 0 bridgehead atoms. The largest absolute Gasteiger partial charge is 0.0921 e. The zero-order valence-electron chi connectivity index (χ0n) is 12.7. The minimum absolute atomic E-state index is 0.552. The van der Waals surface area contributed by atoms with Crippen LogP contribution in [0.3, 0.4) is 0 Å². The van der Waals surface area contributed by atoms with Gasteiger partial charge in [-0.1, -0.05) is 105 Å². The van der Waals surface area contributed by atoms with Crippen molar-refractivity contribution in [2.75, 3.05) is 10.7 Å². The third kappa shape index (κ3) is 5.40. The molecule has 0 aliphatic rings. The smallest absolute Gasteiger partial charge is 0.0103 e. The van der Waals surface area contributed by atoms with Gasteiger partial charge in [0.25, 0.3) is 0 Å². The fourth-order valence-corrected chi connectivity index (χ4v) is 3.82. The van der Waals surface area contributed by atoms with Gasteiger partial charge >= 0.3 is 0 Å². The van der Waals surface area contributed by atoms with Gasteiger partial charge in [0.2, 0.25) is 0 Å². The maximum Gasteiger partial charge on any atom is 0.0103 e. The highest BCUT2D eigenvalue weighted by Crippen LogP contribution is 2.25. The highest BCUT2D eigenvalue weighted by Gasteiger charge is 2.09. The van der Waals surface area contributed by atoms with E-state index in [1.807, 2.05) is 0 Å². The fraction of sp³-hybridized carbons (Fsp3) is 0.300. The Bertz CT molecular complexity index is 497. The van der Waals surface area contributed by atoms with Crippen molar-refractivity contribution in [2.24, 2.45) is 0 Å². The average Bonchev–Trinajstić information content (AvgIpc) is 2.60. The van der Waals surface area contributed by atoms with Gasteiger partial charge in [-0.15, -0.1) is 0 Å². The molecule has 0 saturated carbocycles. The maximum atomic E-state index is 3.64. The van der Waals surface area contributed by atoms with Crippen molar-refractivity contribution in [1.82, 2.24) is 0 Å². The molecule has 0 spiro atoms. The van der Waals surface area contributed by atoms with Gasteiger partial charge in [-0.3, -0.25) is 0 Å². The van der Waals surface area contributed by atoms with Crippen LogP contribution in [0.1, 0.15) is 35.8 Å². The van der Waals surface area contributed by atoms with Gasteiger partial charge in [-0.2, -0.15) is 0 Å². The quantitative estimate of drug-likeness (QED) is 0.329. The van der Waals surface area contributed by atoms with Gasteiger partial charge in [-0.25, -0.2) is 0 Å². The number of hydrogen-bond donors (Lipinski definition) is 0. The maximum absolute atomic E-state index is 3.64. The van der Waals surface area contributed by atoms with E-state index in [9.17, 15) is 0 Å². The summed E-state index contributed by atoms with van der Waals surface area (Å²) in [6.45, 7) is 0. The molecule has 2 aromatic carbocycles. The summed E-state index contributed by atoms with van der Waals surface area (Å²) in [6.07, 6.45) is 6.83. The van der Waals surface area contributed by atoms with E-state index in [1.54, 1.807) is 0 Å². The van der Waals surface area contributed by atoms with Crippen molar-refractivity contribution in [3.05, 3.63) is 83.9 Å². The first kappa shape index (κ1) is 17.5. The van der Waals surface area contributed by atoms with Crippen LogP contribution in [0.25, 0.3) is 0 Å². The Balaban J connectivity index is 1.89. The van der Waals surface area contributed by atoms with Crippen LogP contribution in [0.15, 0.2) is 72.8 Å². The van der Waals surface area contributed by atoms with Crippen molar-refractivity contribution in [3.8, 4) is 0 Å². The third-order valence-corrected chi connectivity index (χ3v) is 5.49. The third-order valence-electron chi connectivity index (χ3n) is 3.92. The van der Waals surface area contributed by atoms with Gasteiger partial charge in [0.05, 0.1) is 0 Å². The van der Waals surface area contributed by atoms with Gasteiger partial charge in [-0.05, 0) is 35.8 Å². The minimum Gasteiger partial charge on any atom is -0.0921 e. The molecule has 22 heavy (non-hydrogen) atoms. The molecule has 0 radical (unpaired) electrons. The molecule has 0 heterocycles. The van der Waals surface area contributed by atoms with Crippen molar-refractivity contribution in [2.45, 2.75) is 24.7 Å². The second kappa shape index (κ2) is 10.0. The van der Waals surface area contributed by atoms with Gasteiger partial charge in [0.1, 0.15) is 0 Å². The van der Waals surface area contributed by atoms with Crippen molar-refractivity contribution >= 4 is 31.9 Å². The molecular formula is C20H22Br2. The number of allylic oxidation sites excluding steroid dienone is 2. The van der Waals surface area contributed by atoms with Crippen molar-refractivity contribution in [1.29, 1.82) is 0 Å². The second-order valence-electron chi connectivity index (χ2n) is 5.47. The molecule has 0 aliphatic carbocycles. The molecule has 2 rings (SSSR count). The molecule has 0 aliphatic heterocycles. The molecule has 0 fully saturated rings. The zero-order valence-corrected chi connectivity index (χ0v) is 15.8. The van der Waals surface area contributed by atoms with Gasteiger partial charge < -0.3 is 0 Å². The lowest BCUT2D eigenvalue weighted by molar-refractivity contribution is 0.773. The SMILES string of the molecule is BrCC(CC=CCC(CBr)c1ccccc1)c1ccccc1. The van der Waals surface area contributed by atoms with Crippen LogP contribution in [-0.4, -0.2) is 10.7 Å². The highest BCUT2D eigenvalue weighted by atomic mass is 79.9. The lowest BCUT2D eigenvalue weighted by Crippen LogP contribution is -2.00. The Labute approximate surface area is 150 Å². The van der Waals surface area contributed by atoms with Crippen LogP contribution >= 0.6 is 31.9 Å².